The summed E-state index contributed by atoms with van der Waals surface area (Å²) in [6.45, 7) is 6.62. The van der Waals surface area contributed by atoms with Crippen molar-refractivity contribution in [2.24, 2.45) is 5.73 Å². The van der Waals surface area contributed by atoms with Crippen molar-refractivity contribution >= 4 is 28.8 Å². The molecule has 0 fully saturated rings. The lowest BCUT2D eigenvalue weighted by Gasteiger charge is -2.25. The molecule has 1 aromatic carbocycles. The molecule has 2 rings (SSSR count). The molecule has 0 spiro atoms. The zero-order valence-corrected chi connectivity index (χ0v) is 15.6. The maximum absolute atomic E-state index is 12.2. The average Bonchev–Trinajstić information content (AvgIpc) is 3.02. The Morgan fingerprint density at radius 2 is 1.96 bits per heavy atom. The highest BCUT2D eigenvalue weighted by Gasteiger charge is 2.14. The number of carbonyl (C=O) groups is 2. The maximum atomic E-state index is 12.2. The van der Waals surface area contributed by atoms with Gasteiger partial charge in [-0.1, -0.05) is 12.1 Å². The van der Waals surface area contributed by atoms with Crippen molar-refractivity contribution in [1.29, 1.82) is 0 Å². The molecule has 0 aliphatic heterocycles. The predicted molar refractivity (Wildman–Crippen MR) is 101 cm³/mol. The third kappa shape index (κ3) is 5.37. The number of amides is 2. The molecule has 0 aliphatic carbocycles. The summed E-state index contributed by atoms with van der Waals surface area (Å²) in [5.74, 6) is -0.191. The van der Waals surface area contributed by atoms with Gasteiger partial charge >= 0.3 is 0 Å². The van der Waals surface area contributed by atoms with Gasteiger partial charge in [0.05, 0.1) is 5.01 Å². The first-order valence-electron chi connectivity index (χ1n) is 8.22. The summed E-state index contributed by atoms with van der Waals surface area (Å²) in [6.07, 6.45) is 0.676. The SMILES string of the molecule is CC(=O)N(Cc1ccc(NC(=O)c2csc(CCN)n2)cc1)C(C)C. The Balaban J connectivity index is 1.99. The number of nitrogens with two attached hydrogens (primary N) is 1. The summed E-state index contributed by atoms with van der Waals surface area (Å²) in [4.78, 5) is 30.0. The highest BCUT2D eigenvalue weighted by atomic mass is 32.1. The topological polar surface area (TPSA) is 88.3 Å². The number of aromatic nitrogens is 1. The van der Waals surface area contributed by atoms with Crippen LogP contribution in [-0.2, 0) is 17.8 Å². The van der Waals surface area contributed by atoms with Crippen molar-refractivity contribution in [1.82, 2.24) is 9.88 Å². The fraction of sp³-hybridized carbons (Fsp3) is 0.389. The minimum absolute atomic E-state index is 0.0456. The standard InChI is InChI=1S/C18H24N4O2S/c1-12(2)22(13(3)23)10-14-4-6-15(7-5-14)20-18(24)16-11-25-17(21-16)8-9-19/h4-7,11-12H,8-10,19H2,1-3H3,(H,20,24). The molecule has 134 valence electrons. The number of carbonyl (C=O) groups excluding carboxylic acids is 2. The van der Waals surface area contributed by atoms with Crippen LogP contribution in [-0.4, -0.2) is 34.3 Å². The summed E-state index contributed by atoms with van der Waals surface area (Å²) < 4.78 is 0. The van der Waals surface area contributed by atoms with Gasteiger partial charge < -0.3 is 16.0 Å². The van der Waals surface area contributed by atoms with Crippen molar-refractivity contribution < 1.29 is 9.59 Å². The van der Waals surface area contributed by atoms with Crippen LogP contribution in [0.2, 0.25) is 0 Å². The van der Waals surface area contributed by atoms with Crippen molar-refractivity contribution in [2.45, 2.75) is 39.8 Å². The van der Waals surface area contributed by atoms with Crippen molar-refractivity contribution in [3.8, 4) is 0 Å². The van der Waals surface area contributed by atoms with Crippen LogP contribution in [0.15, 0.2) is 29.6 Å². The van der Waals surface area contributed by atoms with E-state index in [1.807, 2.05) is 38.1 Å². The van der Waals surface area contributed by atoms with Crippen LogP contribution in [0.25, 0.3) is 0 Å². The van der Waals surface area contributed by atoms with Gasteiger partial charge in [0.15, 0.2) is 0 Å². The molecular weight excluding hydrogens is 336 g/mol. The van der Waals surface area contributed by atoms with Gasteiger partial charge in [-0.3, -0.25) is 9.59 Å². The molecule has 1 heterocycles. The third-order valence-corrected chi connectivity index (χ3v) is 4.64. The van der Waals surface area contributed by atoms with Gasteiger partial charge in [0.1, 0.15) is 5.69 Å². The van der Waals surface area contributed by atoms with Gasteiger partial charge in [-0.25, -0.2) is 4.98 Å². The van der Waals surface area contributed by atoms with Gasteiger partial charge in [-0.2, -0.15) is 0 Å². The number of benzene rings is 1. The fourth-order valence-electron chi connectivity index (χ4n) is 2.40. The Hall–Kier alpha value is -2.25. The van der Waals surface area contributed by atoms with Crippen molar-refractivity contribution in [2.75, 3.05) is 11.9 Å². The zero-order chi connectivity index (χ0) is 18.4. The Morgan fingerprint density at radius 1 is 1.28 bits per heavy atom. The normalized spacial score (nSPS) is 10.8. The quantitative estimate of drug-likeness (QED) is 0.794. The molecule has 3 N–H and O–H groups in total. The van der Waals surface area contributed by atoms with E-state index in [1.165, 1.54) is 11.3 Å². The van der Waals surface area contributed by atoms with E-state index in [2.05, 4.69) is 10.3 Å². The lowest BCUT2D eigenvalue weighted by atomic mass is 10.1. The molecule has 0 unspecified atom stereocenters. The number of nitrogens with one attached hydrogen (secondary N) is 1. The summed E-state index contributed by atoms with van der Waals surface area (Å²) in [6, 6.07) is 7.63. The largest absolute Gasteiger partial charge is 0.336 e. The first-order valence-corrected chi connectivity index (χ1v) is 9.10. The fourth-order valence-corrected chi connectivity index (χ4v) is 3.19. The first-order chi connectivity index (χ1) is 11.9. The van der Waals surface area contributed by atoms with E-state index < -0.39 is 0 Å². The van der Waals surface area contributed by atoms with Gasteiger partial charge in [0.25, 0.3) is 5.91 Å². The highest BCUT2D eigenvalue weighted by Crippen LogP contribution is 2.16. The number of hydrogen-bond donors (Lipinski definition) is 2. The first kappa shape index (κ1) is 19.1. The lowest BCUT2D eigenvalue weighted by molar-refractivity contribution is -0.131. The van der Waals surface area contributed by atoms with Crippen molar-refractivity contribution in [3.05, 3.63) is 45.9 Å². The van der Waals surface area contributed by atoms with Crippen LogP contribution in [0, 0.1) is 0 Å². The second kappa shape index (κ2) is 8.73. The second-order valence-electron chi connectivity index (χ2n) is 6.06. The summed E-state index contributed by atoms with van der Waals surface area (Å²) in [5.41, 5.74) is 7.61. The number of nitrogens with zero attached hydrogens (tertiary/aromatic N) is 2. The van der Waals surface area contributed by atoms with Crippen LogP contribution in [0.4, 0.5) is 5.69 Å². The molecule has 25 heavy (non-hydrogen) atoms. The van der Waals surface area contributed by atoms with Gasteiger partial charge in [-0.05, 0) is 38.1 Å². The number of anilines is 1. The molecule has 7 heteroatoms. The minimum Gasteiger partial charge on any atom is -0.336 e. The van der Waals surface area contributed by atoms with E-state index in [0.717, 1.165) is 10.6 Å². The molecule has 0 bridgehead atoms. The Bertz CT molecular complexity index is 725. The van der Waals surface area contributed by atoms with Crippen LogP contribution in [0.1, 0.15) is 41.8 Å². The van der Waals surface area contributed by atoms with Gasteiger partial charge in [0.2, 0.25) is 5.91 Å². The number of thiazole rings is 1. The Morgan fingerprint density at radius 3 is 2.52 bits per heavy atom. The minimum atomic E-state index is -0.236. The highest BCUT2D eigenvalue weighted by molar-refractivity contribution is 7.09. The van der Waals surface area contributed by atoms with Crippen LogP contribution >= 0.6 is 11.3 Å². The molecular formula is C18H24N4O2S. The van der Waals surface area contributed by atoms with Crippen LogP contribution in [0.5, 0.6) is 0 Å². The van der Waals surface area contributed by atoms with E-state index in [0.29, 0.717) is 30.9 Å². The van der Waals surface area contributed by atoms with Gasteiger partial charge in [-0.15, -0.1) is 11.3 Å². The Labute approximate surface area is 152 Å². The van der Waals surface area contributed by atoms with E-state index in [9.17, 15) is 9.59 Å². The monoisotopic (exact) mass is 360 g/mol. The van der Waals surface area contributed by atoms with E-state index >= 15 is 0 Å². The molecule has 2 aromatic rings. The average molecular weight is 360 g/mol. The van der Waals surface area contributed by atoms with E-state index in [1.54, 1.807) is 17.2 Å². The molecule has 6 nitrogen and oxygen atoms in total. The maximum Gasteiger partial charge on any atom is 0.275 e. The molecule has 1 aromatic heterocycles. The number of hydrogen-bond acceptors (Lipinski definition) is 5. The molecule has 0 saturated carbocycles. The number of rotatable bonds is 7. The summed E-state index contributed by atoms with van der Waals surface area (Å²) in [7, 11) is 0. The van der Waals surface area contributed by atoms with Crippen molar-refractivity contribution in [3.63, 3.8) is 0 Å². The smallest absolute Gasteiger partial charge is 0.275 e. The predicted octanol–water partition coefficient (Wildman–Crippen LogP) is 2.65. The van der Waals surface area contributed by atoms with Crippen LogP contribution < -0.4 is 11.1 Å². The van der Waals surface area contributed by atoms with Gasteiger partial charge in [0, 0.05) is 37.0 Å². The second-order valence-corrected chi connectivity index (χ2v) is 7.00. The zero-order valence-electron chi connectivity index (χ0n) is 14.8. The molecule has 0 saturated heterocycles. The van der Waals surface area contributed by atoms with E-state index in [-0.39, 0.29) is 17.9 Å². The molecule has 0 aliphatic rings. The summed E-state index contributed by atoms with van der Waals surface area (Å²) in [5, 5.41) is 5.43. The molecule has 0 radical (unpaired) electrons. The Kier molecular flexibility index (Phi) is 6.66. The lowest BCUT2D eigenvalue weighted by Crippen LogP contribution is -2.34. The molecule has 0 atom stereocenters. The van der Waals surface area contributed by atoms with Crippen LogP contribution in [0.3, 0.4) is 0 Å². The third-order valence-electron chi connectivity index (χ3n) is 3.74. The molecule has 2 amide bonds. The summed E-state index contributed by atoms with van der Waals surface area (Å²) >= 11 is 1.44. The van der Waals surface area contributed by atoms with E-state index in [4.69, 9.17) is 5.73 Å².